The van der Waals surface area contributed by atoms with Crippen LogP contribution < -0.4 is 0 Å². The lowest BCUT2D eigenvalue weighted by Crippen LogP contribution is -2.49. The maximum atomic E-state index is 2.69. The number of hydrogen-bond donors (Lipinski definition) is 0. The third-order valence-corrected chi connectivity index (χ3v) is 5.63. The van der Waals surface area contributed by atoms with Gasteiger partial charge in [0.1, 0.15) is 0 Å². The highest BCUT2D eigenvalue weighted by atomic mass is 35.5. The Bertz CT molecular complexity index is 444. The van der Waals surface area contributed by atoms with Crippen LogP contribution in [0.2, 0.25) is 0 Å². The zero-order valence-electron chi connectivity index (χ0n) is 11.0. The minimum atomic E-state index is 0. The summed E-state index contributed by atoms with van der Waals surface area (Å²) in [6, 6.07) is 10.9. The van der Waals surface area contributed by atoms with Crippen molar-refractivity contribution in [2.24, 2.45) is 11.8 Å². The van der Waals surface area contributed by atoms with Crippen molar-refractivity contribution in [3.8, 4) is 0 Å². The van der Waals surface area contributed by atoms with E-state index in [-0.39, 0.29) is 12.4 Å². The number of halogens is 1. The van der Waals surface area contributed by atoms with Crippen LogP contribution in [0.25, 0.3) is 0 Å². The van der Waals surface area contributed by atoms with Crippen molar-refractivity contribution in [3.63, 3.8) is 0 Å². The van der Waals surface area contributed by atoms with Crippen molar-refractivity contribution >= 4 is 12.4 Å². The van der Waals surface area contributed by atoms with E-state index in [1.807, 2.05) is 0 Å². The monoisotopic (exact) mass is 263 g/mol. The van der Waals surface area contributed by atoms with Gasteiger partial charge in [0.25, 0.3) is 0 Å². The summed E-state index contributed by atoms with van der Waals surface area (Å²) in [6.07, 6.45) is 7.03. The lowest BCUT2D eigenvalue weighted by molar-refractivity contribution is 0.0621. The topological polar surface area (TPSA) is 3.24 Å². The van der Waals surface area contributed by atoms with Crippen molar-refractivity contribution < 1.29 is 0 Å². The van der Waals surface area contributed by atoms with Crippen LogP contribution in [-0.2, 0) is 12.8 Å². The lowest BCUT2D eigenvalue weighted by atomic mass is 9.69. The normalized spacial score (nSPS) is 37.6. The number of fused-ring (bicyclic) bond motifs is 5. The summed E-state index contributed by atoms with van der Waals surface area (Å²) >= 11 is 0. The van der Waals surface area contributed by atoms with E-state index in [2.05, 4.69) is 36.2 Å². The molecule has 0 spiro atoms. The molecule has 0 aromatic heterocycles. The van der Waals surface area contributed by atoms with Gasteiger partial charge < -0.3 is 4.90 Å². The van der Waals surface area contributed by atoms with Crippen LogP contribution in [0.4, 0.5) is 0 Å². The first-order valence-electron chi connectivity index (χ1n) is 7.11. The highest BCUT2D eigenvalue weighted by molar-refractivity contribution is 5.85. The summed E-state index contributed by atoms with van der Waals surface area (Å²) in [5.41, 5.74) is 3.27. The summed E-state index contributed by atoms with van der Waals surface area (Å²) in [5, 5.41) is 0. The molecule has 4 rings (SSSR count). The smallest absolute Gasteiger partial charge is 0.0130 e. The molecule has 2 unspecified atom stereocenters. The zero-order valence-corrected chi connectivity index (χ0v) is 11.8. The summed E-state index contributed by atoms with van der Waals surface area (Å²) in [7, 11) is 2.36. The Kier molecular flexibility index (Phi) is 3.15. The molecule has 1 nitrogen and oxygen atoms in total. The average Bonchev–Trinajstić information content (AvgIpc) is 2.60. The van der Waals surface area contributed by atoms with Gasteiger partial charge in [-0.2, -0.15) is 0 Å². The molecule has 0 saturated carbocycles. The number of piperidine rings is 1. The highest BCUT2D eigenvalue weighted by Gasteiger charge is 2.46. The second-order valence-electron chi connectivity index (χ2n) is 6.30. The molecule has 2 heterocycles. The van der Waals surface area contributed by atoms with Crippen molar-refractivity contribution in [3.05, 3.63) is 35.4 Å². The van der Waals surface area contributed by atoms with E-state index in [0.29, 0.717) is 0 Å². The fourth-order valence-corrected chi connectivity index (χ4v) is 4.71. The van der Waals surface area contributed by atoms with Crippen molar-refractivity contribution in [2.45, 2.75) is 44.2 Å². The molecule has 3 aliphatic rings. The summed E-state index contributed by atoms with van der Waals surface area (Å²) in [6.45, 7) is 0. The molecule has 2 fully saturated rings. The summed E-state index contributed by atoms with van der Waals surface area (Å²) < 4.78 is 0. The van der Waals surface area contributed by atoms with E-state index < -0.39 is 0 Å². The molecule has 2 bridgehead atoms. The number of rotatable bonds is 0. The third-order valence-electron chi connectivity index (χ3n) is 5.63. The molecule has 2 aliphatic heterocycles. The Morgan fingerprint density at radius 1 is 1.06 bits per heavy atom. The molecule has 1 aliphatic carbocycles. The predicted molar refractivity (Wildman–Crippen MR) is 77.3 cm³/mol. The zero-order chi connectivity index (χ0) is 11.4. The Morgan fingerprint density at radius 2 is 1.78 bits per heavy atom. The second kappa shape index (κ2) is 4.54. The first-order chi connectivity index (χ1) is 8.33. The third kappa shape index (κ3) is 1.71. The van der Waals surface area contributed by atoms with Gasteiger partial charge in [-0.25, -0.2) is 0 Å². The van der Waals surface area contributed by atoms with Crippen molar-refractivity contribution in [1.82, 2.24) is 4.90 Å². The predicted octanol–water partition coefficient (Wildman–Crippen LogP) is 3.31. The van der Waals surface area contributed by atoms with Crippen molar-refractivity contribution in [1.29, 1.82) is 0 Å². The molecule has 0 N–H and O–H groups in total. The van der Waals surface area contributed by atoms with E-state index in [1.54, 1.807) is 11.1 Å². The van der Waals surface area contributed by atoms with E-state index in [4.69, 9.17) is 0 Å². The van der Waals surface area contributed by atoms with Crippen LogP contribution in [-0.4, -0.2) is 24.0 Å². The molecule has 4 atom stereocenters. The molecule has 2 saturated heterocycles. The molecule has 1 aromatic rings. The van der Waals surface area contributed by atoms with Gasteiger partial charge >= 0.3 is 0 Å². The molecule has 18 heavy (non-hydrogen) atoms. The Labute approximate surface area is 116 Å². The largest absolute Gasteiger partial charge is 0.300 e. The Balaban J connectivity index is 0.000001000. The van der Waals surface area contributed by atoms with Crippen LogP contribution in [0.3, 0.4) is 0 Å². The van der Waals surface area contributed by atoms with E-state index >= 15 is 0 Å². The SMILES string of the molecule is CN1C2CCC1[C@@H]1Cc3ccccc3C[C@@H]1C2.Cl. The van der Waals surface area contributed by atoms with Gasteiger partial charge in [0.2, 0.25) is 0 Å². The van der Waals surface area contributed by atoms with Gasteiger partial charge in [-0.1, -0.05) is 24.3 Å². The maximum Gasteiger partial charge on any atom is 0.0130 e. The Hall–Kier alpha value is -0.530. The van der Waals surface area contributed by atoms with Gasteiger partial charge in [-0.3, -0.25) is 0 Å². The molecule has 2 heteroatoms. The van der Waals surface area contributed by atoms with Crippen LogP contribution in [0.15, 0.2) is 24.3 Å². The van der Waals surface area contributed by atoms with Crippen LogP contribution in [0.1, 0.15) is 30.4 Å². The van der Waals surface area contributed by atoms with Crippen molar-refractivity contribution in [2.75, 3.05) is 7.05 Å². The van der Waals surface area contributed by atoms with Gasteiger partial charge in [-0.15, -0.1) is 12.4 Å². The number of benzene rings is 1. The standard InChI is InChI=1S/C16H21N.ClH/c1-17-14-6-7-16(17)15-10-12-5-3-2-4-11(12)8-13(15)9-14;/h2-5,13-16H,6-10H2,1H3;1H/t13-,14?,15-,16?;/m1./s1. The van der Waals surface area contributed by atoms with E-state index in [0.717, 1.165) is 23.9 Å². The summed E-state index contributed by atoms with van der Waals surface area (Å²) in [5.74, 6) is 1.91. The molecular weight excluding hydrogens is 242 g/mol. The van der Waals surface area contributed by atoms with Gasteiger partial charge in [0, 0.05) is 12.1 Å². The molecule has 1 aromatic carbocycles. The quantitative estimate of drug-likeness (QED) is 0.694. The van der Waals surface area contributed by atoms with Crippen LogP contribution >= 0.6 is 12.4 Å². The molecule has 0 amide bonds. The fourth-order valence-electron chi connectivity index (χ4n) is 4.71. The van der Waals surface area contributed by atoms with E-state index in [1.165, 1.54) is 32.1 Å². The first kappa shape index (κ1) is 12.5. The summed E-state index contributed by atoms with van der Waals surface area (Å²) in [4.78, 5) is 2.69. The van der Waals surface area contributed by atoms with E-state index in [9.17, 15) is 0 Å². The van der Waals surface area contributed by atoms with Crippen LogP contribution in [0, 0.1) is 11.8 Å². The first-order valence-corrected chi connectivity index (χ1v) is 7.11. The Morgan fingerprint density at radius 3 is 2.56 bits per heavy atom. The minimum absolute atomic E-state index is 0. The molecule has 98 valence electrons. The van der Waals surface area contributed by atoms with Crippen LogP contribution in [0.5, 0.6) is 0 Å². The second-order valence-corrected chi connectivity index (χ2v) is 6.30. The van der Waals surface area contributed by atoms with Gasteiger partial charge in [0.15, 0.2) is 0 Å². The molecule has 0 radical (unpaired) electrons. The van der Waals surface area contributed by atoms with Gasteiger partial charge in [-0.05, 0) is 62.1 Å². The highest BCUT2D eigenvalue weighted by Crippen LogP contribution is 2.46. The number of hydrogen-bond acceptors (Lipinski definition) is 1. The minimum Gasteiger partial charge on any atom is -0.300 e. The maximum absolute atomic E-state index is 2.69. The van der Waals surface area contributed by atoms with Gasteiger partial charge in [0.05, 0.1) is 0 Å². The number of nitrogens with zero attached hydrogens (tertiary/aromatic N) is 1. The molecular formula is C16H22ClN. The average molecular weight is 264 g/mol. The lowest BCUT2D eigenvalue weighted by Gasteiger charge is -2.46. The fraction of sp³-hybridized carbons (Fsp3) is 0.625.